The molecule has 0 aliphatic carbocycles. The highest BCUT2D eigenvalue weighted by molar-refractivity contribution is 7.89. The van der Waals surface area contributed by atoms with Crippen LogP contribution in [0.3, 0.4) is 0 Å². The molecule has 28 heavy (non-hydrogen) atoms. The maximum atomic E-state index is 13.5. The van der Waals surface area contributed by atoms with Gasteiger partial charge in [-0.2, -0.15) is 9.98 Å². The van der Waals surface area contributed by atoms with E-state index in [-0.39, 0.29) is 35.7 Å². The Balaban J connectivity index is 1.90. The Morgan fingerprint density at radius 3 is 2.50 bits per heavy atom. The number of sulfonamides is 1. The van der Waals surface area contributed by atoms with E-state index in [1.165, 1.54) is 36.4 Å². The van der Waals surface area contributed by atoms with Gasteiger partial charge in [-0.1, -0.05) is 12.0 Å². The van der Waals surface area contributed by atoms with Gasteiger partial charge in [0.25, 0.3) is 5.91 Å². The maximum Gasteiger partial charge on any atom is 0.251 e. The second-order valence-electron chi connectivity index (χ2n) is 5.51. The minimum atomic E-state index is -3.72. The minimum absolute atomic E-state index is 0.00361. The molecule has 9 heteroatoms. The largest absolute Gasteiger partial charge is 0.382 e. The van der Waals surface area contributed by atoms with Crippen LogP contribution in [0.4, 0.5) is 10.1 Å². The second-order valence-corrected chi connectivity index (χ2v) is 7.28. The highest BCUT2D eigenvalue weighted by atomic mass is 32.2. The van der Waals surface area contributed by atoms with E-state index in [9.17, 15) is 17.6 Å². The van der Waals surface area contributed by atoms with Crippen molar-refractivity contribution in [1.82, 2.24) is 10.0 Å². The SMILES string of the molecule is C#CCNS(=O)(=O)c1ccc(C(=O)NCCNc2cccc(F)c2C#N)cc1. The molecule has 0 radical (unpaired) electrons. The summed E-state index contributed by atoms with van der Waals surface area (Å²) >= 11 is 0. The van der Waals surface area contributed by atoms with E-state index < -0.39 is 21.7 Å². The molecule has 0 spiro atoms. The van der Waals surface area contributed by atoms with Crippen LogP contribution in [0.5, 0.6) is 0 Å². The smallest absolute Gasteiger partial charge is 0.251 e. The summed E-state index contributed by atoms with van der Waals surface area (Å²) in [5.74, 6) is 1.15. The number of carbonyl (C=O) groups excluding carboxylic acids is 1. The number of rotatable bonds is 8. The molecule has 1 amide bonds. The third kappa shape index (κ3) is 5.30. The van der Waals surface area contributed by atoms with Crippen molar-refractivity contribution in [3.05, 3.63) is 59.4 Å². The lowest BCUT2D eigenvalue weighted by atomic mass is 10.2. The number of hydrogen-bond acceptors (Lipinski definition) is 5. The van der Waals surface area contributed by atoms with Gasteiger partial charge >= 0.3 is 0 Å². The summed E-state index contributed by atoms with van der Waals surface area (Å²) in [6.45, 7) is 0.354. The molecule has 0 aliphatic rings. The highest BCUT2D eigenvalue weighted by Gasteiger charge is 2.14. The number of hydrogen-bond donors (Lipinski definition) is 3. The van der Waals surface area contributed by atoms with E-state index >= 15 is 0 Å². The van der Waals surface area contributed by atoms with Gasteiger partial charge in [-0.15, -0.1) is 6.42 Å². The number of carbonyl (C=O) groups is 1. The third-order valence-electron chi connectivity index (χ3n) is 3.64. The zero-order valence-electron chi connectivity index (χ0n) is 14.7. The van der Waals surface area contributed by atoms with Gasteiger partial charge in [0, 0.05) is 18.7 Å². The molecule has 0 unspecified atom stereocenters. The number of terminal acetylenes is 1. The van der Waals surface area contributed by atoms with Crippen molar-refractivity contribution in [2.24, 2.45) is 0 Å². The van der Waals surface area contributed by atoms with Gasteiger partial charge in [-0.05, 0) is 36.4 Å². The first kappa shape index (κ1) is 20.9. The quantitative estimate of drug-likeness (QED) is 0.459. The molecule has 0 aromatic heterocycles. The van der Waals surface area contributed by atoms with E-state index in [2.05, 4.69) is 21.3 Å². The lowest BCUT2D eigenvalue weighted by Crippen LogP contribution is -2.29. The van der Waals surface area contributed by atoms with Crippen molar-refractivity contribution in [2.45, 2.75) is 4.90 Å². The van der Waals surface area contributed by atoms with Crippen molar-refractivity contribution in [2.75, 3.05) is 25.0 Å². The summed E-state index contributed by atoms with van der Waals surface area (Å²) in [5.41, 5.74) is 0.522. The fourth-order valence-corrected chi connectivity index (χ4v) is 3.20. The first-order valence-corrected chi connectivity index (χ1v) is 9.61. The van der Waals surface area contributed by atoms with Crippen LogP contribution in [0.2, 0.25) is 0 Å². The Labute approximate surface area is 162 Å². The lowest BCUT2D eigenvalue weighted by molar-refractivity contribution is 0.0955. The average Bonchev–Trinajstić information content (AvgIpc) is 2.69. The minimum Gasteiger partial charge on any atom is -0.382 e. The van der Waals surface area contributed by atoms with Gasteiger partial charge in [0.2, 0.25) is 10.0 Å². The molecular formula is C19H17FN4O3S. The van der Waals surface area contributed by atoms with Crippen LogP contribution >= 0.6 is 0 Å². The zero-order chi connectivity index (χ0) is 20.6. The molecule has 0 saturated heterocycles. The van der Waals surface area contributed by atoms with E-state index in [1.807, 2.05) is 0 Å². The predicted octanol–water partition coefficient (Wildman–Crippen LogP) is 1.45. The molecule has 0 saturated carbocycles. The second kappa shape index (κ2) is 9.51. The molecule has 0 aliphatic heterocycles. The van der Waals surface area contributed by atoms with Crippen LogP contribution < -0.4 is 15.4 Å². The summed E-state index contributed by atoms with van der Waals surface area (Å²) in [4.78, 5) is 12.1. The van der Waals surface area contributed by atoms with Crippen LogP contribution in [0.15, 0.2) is 47.4 Å². The summed E-state index contributed by atoms with van der Waals surface area (Å²) < 4.78 is 39.6. The summed E-state index contributed by atoms with van der Waals surface area (Å²) in [5, 5.41) is 14.5. The van der Waals surface area contributed by atoms with Crippen LogP contribution in [0.1, 0.15) is 15.9 Å². The summed E-state index contributed by atoms with van der Waals surface area (Å²) in [7, 11) is -3.72. The predicted molar refractivity (Wildman–Crippen MR) is 102 cm³/mol. The first-order chi connectivity index (χ1) is 13.4. The molecular weight excluding hydrogens is 383 g/mol. The molecule has 144 valence electrons. The molecule has 0 fully saturated rings. The van der Waals surface area contributed by atoms with E-state index in [0.717, 1.165) is 0 Å². The Kier molecular flexibility index (Phi) is 7.10. The number of amides is 1. The van der Waals surface area contributed by atoms with Crippen LogP contribution in [0.25, 0.3) is 0 Å². The van der Waals surface area contributed by atoms with Crippen LogP contribution in [0, 0.1) is 29.5 Å². The topological polar surface area (TPSA) is 111 Å². The Morgan fingerprint density at radius 2 is 1.86 bits per heavy atom. The number of halogens is 1. The number of nitrogens with one attached hydrogen (secondary N) is 3. The monoisotopic (exact) mass is 400 g/mol. The van der Waals surface area contributed by atoms with E-state index in [4.69, 9.17) is 11.7 Å². The van der Waals surface area contributed by atoms with Crippen molar-refractivity contribution in [3.8, 4) is 18.4 Å². The van der Waals surface area contributed by atoms with Crippen LogP contribution in [-0.2, 0) is 10.0 Å². The molecule has 0 bridgehead atoms. The number of nitriles is 1. The molecule has 7 nitrogen and oxygen atoms in total. The number of nitrogens with zero attached hydrogens (tertiary/aromatic N) is 1. The van der Waals surface area contributed by atoms with Gasteiger partial charge in [-0.25, -0.2) is 12.8 Å². The van der Waals surface area contributed by atoms with Gasteiger partial charge in [0.1, 0.15) is 17.4 Å². The highest BCUT2D eigenvalue weighted by Crippen LogP contribution is 2.17. The number of benzene rings is 2. The molecule has 0 atom stereocenters. The standard InChI is InChI=1S/C19H17FN4O3S/c1-2-10-24-28(26,27)15-8-6-14(7-9-15)19(25)23-12-11-22-18-5-3-4-17(20)16(18)13-21/h1,3-9,22,24H,10-12H2,(H,23,25). The summed E-state index contributed by atoms with van der Waals surface area (Å²) in [6.07, 6.45) is 5.03. The van der Waals surface area contributed by atoms with Crippen LogP contribution in [-0.4, -0.2) is 34.0 Å². The zero-order valence-corrected chi connectivity index (χ0v) is 15.5. The fraction of sp³-hybridized carbons (Fsp3) is 0.158. The van der Waals surface area contributed by atoms with Gasteiger partial charge in [0.15, 0.2) is 0 Å². The molecule has 2 aromatic carbocycles. The van der Waals surface area contributed by atoms with E-state index in [0.29, 0.717) is 5.69 Å². The third-order valence-corrected chi connectivity index (χ3v) is 5.06. The normalized spacial score (nSPS) is 10.5. The molecule has 0 heterocycles. The average molecular weight is 400 g/mol. The van der Waals surface area contributed by atoms with Crippen molar-refractivity contribution in [1.29, 1.82) is 5.26 Å². The number of anilines is 1. The lowest BCUT2D eigenvalue weighted by Gasteiger charge is -2.10. The maximum absolute atomic E-state index is 13.5. The Hall–Kier alpha value is -3.40. The van der Waals surface area contributed by atoms with Crippen molar-refractivity contribution in [3.63, 3.8) is 0 Å². The first-order valence-electron chi connectivity index (χ1n) is 8.13. The Morgan fingerprint density at radius 1 is 1.14 bits per heavy atom. The fourth-order valence-electron chi connectivity index (χ4n) is 2.27. The Bertz CT molecular complexity index is 1040. The van der Waals surface area contributed by atoms with Crippen molar-refractivity contribution >= 4 is 21.6 Å². The molecule has 2 aromatic rings. The van der Waals surface area contributed by atoms with E-state index in [1.54, 1.807) is 12.1 Å². The van der Waals surface area contributed by atoms with Gasteiger partial charge < -0.3 is 10.6 Å². The van der Waals surface area contributed by atoms with Crippen molar-refractivity contribution < 1.29 is 17.6 Å². The summed E-state index contributed by atoms with van der Waals surface area (Å²) in [6, 6.07) is 11.4. The molecule has 3 N–H and O–H groups in total. The van der Waals surface area contributed by atoms with Gasteiger partial charge in [0.05, 0.1) is 17.1 Å². The molecule has 2 rings (SSSR count). The van der Waals surface area contributed by atoms with Gasteiger partial charge in [-0.3, -0.25) is 4.79 Å².